The summed E-state index contributed by atoms with van der Waals surface area (Å²) in [7, 11) is 0. The predicted molar refractivity (Wildman–Crippen MR) is 182 cm³/mol. The molecule has 0 aromatic carbocycles. The zero-order valence-corrected chi connectivity index (χ0v) is 30.8. The number of hydrogen-bond donors (Lipinski definition) is 8. The molecule has 0 aromatic rings. The second-order valence-electron chi connectivity index (χ2n) is 14.8. The first kappa shape index (κ1) is 44.7. The average molecular weight is 686 g/mol. The molecule has 7 atom stereocenters. The molecule has 48 heavy (non-hydrogen) atoms. The van der Waals surface area contributed by atoms with E-state index in [-0.39, 0.29) is 41.9 Å². The number of carboxylic acid groups (broad SMARTS) is 1. The molecule has 0 saturated carbocycles. The Morgan fingerprint density at radius 1 is 0.479 bits per heavy atom. The lowest BCUT2D eigenvalue weighted by Crippen LogP contribution is -2.59. The highest BCUT2D eigenvalue weighted by atomic mass is 16.4. The van der Waals surface area contributed by atoms with E-state index in [0.717, 1.165) is 0 Å². The van der Waals surface area contributed by atoms with E-state index in [0.29, 0.717) is 12.8 Å². The fourth-order valence-electron chi connectivity index (χ4n) is 5.16. The van der Waals surface area contributed by atoms with Crippen LogP contribution >= 0.6 is 0 Å². The van der Waals surface area contributed by atoms with Gasteiger partial charge in [0.25, 0.3) is 0 Å². The lowest BCUT2D eigenvalue weighted by atomic mass is 9.95. The van der Waals surface area contributed by atoms with Crippen molar-refractivity contribution < 1.29 is 44.1 Å². The Balaban J connectivity index is 5.60. The van der Waals surface area contributed by atoms with Crippen molar-refractivity contribution in [3.05, 3.63) is 0 Å². The van der Waals surface area contributed by atoms with Gasteiger partial charge in [-0.15, -0.1) is 0 Å². The number of carbonyl (C=O) groups is 6. The minimum atomic E-state index is -1.33. The van der Waals surface area contributed by atoms with Gasteiger partial charge in [0.05, 0.1) is 37.1 Å². The molecule has 0 spiro atoms. The summed E-state index contributed by atoms with van der Waals surface area (Å²) in [6, 6.07) is -4.61. The molecule has 0 saturated heterocycles. The molecule has 8 N–H and O–H groups in total. The minimum Gasteiger partial charge on any atom is -0.481 e. The van der Waals surface area contributed by atoms with Gasteiger partial charge >= 0.3 is 5.97 Å². The van der Waals surface area contributed by atoms with Gasteiger partial charge in [0.15, 0.2) is 0 Å². The van der Waals surface area contributed by atoms with Crippen LogP contribution in [-0.4, -0.2) is 93.2 Å². The van der Waals surface area contributed by atoms with Crippen molar-refractivity contribution in [3.63, 3.8) is 0 Å². The number of nitrogens with one attached hydrogen (secondary N) is 5. The van der Waals surface area contributed by atoms with Crippen LogP contribution in [0.3, 0.4) is 0 Å². The van der Waals surface area contributed by atoms with Crippen molar-refractivity contribution >= 4 is 35.5 Å². The third-order valence-electron chi connectivity index (χ3n) is 7.69. The quantitative estimate of drug-likeness (QED) is 0.0825. The van der Waals surface area contributed by atoms with Crippen LogP contribution in [0.5, 0.6) is 0 Å². The summed E-state index contributed by atoms with van der Waals surface area (Å²) in [6.45, 7) is 19.8. The number of amides is 5. The van der Waals surface area contributed by atoms with E-state index < -0.39 is 84.9 Å². The first-order valence-corrected chi connectivity index (χ1v) is 17.1. The maximum Gasteiger partial charge on any atom is 0.306 e. The number of rotatable bonds is 22. The van der Waals surface area contributed by atoms with Gasteiger partial charge in [-0.2, -0.15) is 0 Å². The van der Waals surface area contributed by atoms with E-state index in [2.05, 4.69) is 26.6 Å². The molecular formula is C34H63N5O9. The molecule has 0 aromatic heterocycles. The highest BCUT2D eigenvalue weighted by Gasteiger charge is 2.34. The lowest BCUT2D eigenvalue weighted by Gasteiger charge is -2.31. The molecule has 3 unspecified atom stereocenters. The summed E-state index contributed by atoms with van der Waals surface area (Å²) in [4.78, 5) is 75.9. The van der Waals surface area contributed by atoms with E-state index in [4.69, 9.17) is 5.11 Å². The molecular weight excluding hydrogens is 622 g/mol. The Kier molecular flexibility index (Phi) is 20.2. The maximum atomic E-state index is 13.5. The molecule has 0 aliphatic heterocycles. The van der Waals surface area contributed by atoms with Crippen LogP contribution in [0.1, 0.15) is 108 Å². The normalized spacial score (nSPS) is 16.1. The van der Waals surface area contributed by atoms with Crippen molar-refractivity contribution in [2.75, 3.05) is 0 Å². The standard InChI is InChI=1S/C34H63N5O9/c1-17(2)12-23(37-33(47)31(21(9)10)39-34(48)30(20(7)8)38-27(42)14-19(5)6)25(40)15-28(43)35-22(11)32(46)36-24(13-18(3)4)26(41)16-29(44)45/h17-26,30-31,40-41H,12-16H2,1-11H3,(H,35,43)(H,36,46)(H,37,47)(H,38,42)(H,39,48)(H,44,45)/t22-,23?,24-,25-,26-,30?,31?/m0/s1. The van der Waals surface area contributed by atoms with Crippen LogP contribution in [0.15, 0.2) is 0 Å². The van der Waals surface area contributed by atoms with E-state index in [1.165, 1.54) is 6.92 Å². The smallest absolute Gasteiger partial charge is 0.306 e. The van der Waals surface area contributed by atoms with Gasteiger partial charge in [-0.3, -0.25) is 28.8 Å². The fraction of sp³-hybridized carbons (Fsp3) is 0.824. The minimum absolute atomic E-state index is 0.0152. The van der Waals surface area contributed by atoms with Gasteiger partial charge in [-0.25, -0.2) is 0 Å². The van der Waals surface area contributed by atoms with Crippen LogP contribution < -0.4 is 26.6 Å². The van der Waals surface area contributed by atoms with Crippen molar-refractivity contribution in [3.8, 4) is 0 Å². The summed E-state index contributed by atoms with van der Waals surface area (Å²) in [5, 5.41) is 43.9. The molecule has 14 nitrogen and oxygen atoms in total. The SMILES string of the molecule is CC(C)CC(=O)NC(C(=O)NC(C(=O)NC(CC(C)C)[C@@H](O)CC(=O)N[C@@H](C)C(=O)N[C@@H](CC(C)C)[C@@H](O)CC(=O)O)C(C)C)C(C)C. The molecule has 0 rings (SSSR count). The summed E-state index contributed by atoms with van der Waals surface area (Å²) in [6.07, 6.45) is -2.76. The number of hydrogen-bond acceptors (Lipinski definition) is 8. The number of aliphatic hydroxyl groups is 2. The molecule has 0 fully saturated rings. The van der Waals surface area contributed by atoms with E-state index in [1.54, 1.807) is 27.7 Å². The van der Waals surface area contributed by atoms with Crippen LogP contribution in [0, 0.1) is 29.6 Å². The summed E-state index contributed by atoms with van der Waals surface area (Å²) in [5.74, 6) is -4.25. The Morgan fingerprint density at radius 3 is 1.29 bits per heavy atom. The van der Waals surface area contributed by atoms with E-state index >= 15 is 0 Å². The Hall–Kier alpha value is -3.26. The highest BCUT2D eigenvalue weighted by molar-refractivity contribution is 5.92. The first-order chi connectivity index (χ1) is 22.0. The van der Waals surface area contributed by atoms with Crippen LogP contribution in [0.25, 0.3) is 0 Å². The van der Waals surface area contributed by atoms with Gasteiger partial charge in [0.1, 0.15) is 18.1 Å². The van der Waals surface area contributed by atoms with Gasteiger partial charge < -0.3 is 41.9 Å². The largest absolute Gasteiger partial charge is 0.481 e. The third-order valence-corrected chi connectivity index (χ3v) is 7.69. The second-order valence-corrected chi connectivity index (χ2v) is 14.8. The van der Waals surface area contributed by atoms with Gasteiger partial charge in [-0.05, 0) is 49.4 Å². The average Bonchev–Trinajstić information content (AvgIpc) is 2.91. The fourth-order valence-corrected chi connectivity index (χ4v) is 5.16. The number of aliphatic hydroxyl groups excluding tert-OH is 2. The zero-order chi connectivity index (χ0) is 37.5. The number of carboxylic acids is 1. The highest BCUT2D eigenvalue weighted by Crippen LogP contribution is 2.15. The topological polar surface area (TPSA) is 223 Å². The summed E-state index contributed by atoms with van der Waals surface area (Å²) in [5.41, 5.74) is 0. The number of carbonyl (C=O) groups excluding carboxylic acids is 5. The predicted octanol–water partition coefficient (Wildman–Crippen LogP) is 1.47. The molecule has 0 bridgehead atoms. The van der Waals surface area contributed by atoms with E-state index in [9.17, 15) is 39.0 Å². The van der Waals surface area contributed by atoms with Crippen LogP contribution in [-0.2, 0) is 28.8 Å². The van der Waals surface area contributed by atoms with E-state index in [1.807, 2.05) is 41.5 Å². The molecule has 0 heterocycles. The molecule has 0 aliphatic rings. The Bertz CT molecular complexity index is 1060. The van der Waals surface area contributed by atoms with Gasteiger partial charge in [0, 0.05) is 6.42 Å². The van der Waals surface area contributed by atoms with Crippen molar-refractivity contribution in [1.29, 1.82) is 0 Å². The lowest BCUT2D eigenvalue weighted by molar-refractivity contribution is -0.140. The van der Waals surface area contributed by atoms with Gasteiger partial charge in [0.2, 0.25) is 29.5 Å². The van der Waals surface area contributed by atoms with Crippen molar-refractivity contribution in [2.45, 2.75) is 151 Å². The van der Waals surface area contributed by atoms with Crippen LogP contribution in [0.4, 0.5) is 0 Å². The summed E-state index contributed by atoms with van der Waals surface area (Å²) >= 11 is 0. The molecule has 14 heteroatoms. The third kappa shape index (κ3) is 17.8. The molecule has 0 aliphatic carbocycles. The Morgan fingerprint density at radius 2 is 0.875 bits per heavy atom. The zero-order valence-electron chi connectivity index (χ0n) is 30.8. The maximum absolute atomic E-state index is 13.5. The van der Waals surface area contributed by atoms with Crippen molar-refractivity contribution in [2.24, 2.45) is 29.6 Å². The summed E-state index contributed by atoms with van der Waals surface area (Å²) < 4.78 is 0. The van der Waals surface area contributed by atoms with Gasteiger partial charge in [-0.1, -0.05) is 69.2 Å². The Labute approximate surface area is 286 Å². The van der Waals surface area contributed by atoms with Crippen molar-refractivity contribution in [1.82, 2.24) is 26.6 Å². The molecule has 0 radical (unpaired) electrons. The molecule has 5 amide bonds. The van der Waals surface area contributed by atoms with Crippen LogP contribution in [0.2, 0.25) is 0 Å². The number of aliphatic carboxylic acids is 1. The second kappa shape index (κ2) is 21.7. The first-order valence-electron chi connectivity index (χ1n) is 17.1. The monoisotopic (exact) mass is 685 g/mol. The molecule has 278 valence electrons.